The van der Waals surface area contributed by atoms with Gasteiger partial charge in [0.25, 0.3) is 5.91 Å². The lowest BCUT2D eigenvalue weighted by molar-refractivity contribution is -0.134. The predicted molar refractivity (Wildman–Crippen MR) is 107 cm³/mol. The van der Waals surface area contributed by atoms with Gasteiger partial charge in [-0.05, 0) is 42.2 Å². The zero-order valence-corrected chi connectivity index (χ0v) is 16.7. The molecule has 0 spiro atoms. The van der Waals surface area contributed by atoms with Crippen LogP contribution in [0.5, 0.6) is 17.4 Å². The van der Waals surface area contributed by atoms with Crippen LogP contribution in [0.4, 0.5) is 0 Å². The molecule has 1 aromatic heterocycles. The van der Waals surface area contributed by atoms with Crippen LogP contribution in [0, 0.1) is 5.92 Å². The molecule has 1 aromatic carbocycles. The number of ether oxygens (including phenoxy) is 3. The number of amides is 2. The lowest BCUT2D eigenvalue weighted by Gasteiger charge is -2.35. The fraction of sp³-hybridized carbons (Fsp3) is 0.409. The highest BCUT2D eigenvalue weighted by atomic mass is 16.7. The summed E-state index contributed by atoms with van der Waals surface area (Å²) in [5.41, 5.74) is 1.57. The summed E-state index contributed by atoms with van der Waals surface area (Å²) in [7, 11) is 1.50. The summed E-state index contributed by atoms with van der Waals surface area (Å²) in [6.07, 6.45) is 2.45. The van der Waals surface area contributed by atoms with E-state index in [0.29, 0.717) is 37.6 Å². The molecule has 2 aliphatic heterocycles. The van der Waals surface area contributed by atoms with Crippen molar-refractivity contribution >= 4 is 11.8 Å². The number of hydrogen-bond donors (Lipinski definition) is 0. The standard InChI is InChI=1S/C22H23N3O5/c1-28-20-15(3-2-6-23-20)21(26)24-7-9-25(10-8-24)22(27)17-12-16(17)14-4-5-18-19(11-14)30-13-29-18/h2-6,11,16-17H,7-10,12-13H2,1H3. The van der Waals surface area contributed by atoms with E-state index >= 15 is 0 Å². The molecular weight excluding hydrogens is 386 g/mol. The van der Waals surface area contributed by atoms with Crippen molar-refractivity contribution in [1.29, 1.82) is 0 Å². The molecule has 2 unspecified atom stereocenters. The Bertz CT molecular complexity index is 986. The van der Waals surface area contributed by atoms with E-state index < -0.39 is 0 Å². The molecule has 2 atom stereocenters. The molecule has 30 heavy (non-hydrogen) atoms. The summed E-state index contributed by atoms with van der Waals surface area (Å²) in [6.45, 7) is 2.34. The number of piperazine rings is 1. The van der Waals surface area contributed by atoms with E-state index in [4.69, 9.17) is 14.2 Å². The van der Waals surface area contributed by atoms with Crippen molar-refractivity contribution in [2.45, 2.75) is 12.3 Å². The molecule has 156 valence electrons. The number of carbonyl (C=O) groups excluding carboxylic acids is 2. The van der Waals surface area contributed by atoms with E-state index in [1.807, 2.05) is 23.1 Å². The maximum absolute atomic E-state index is 13.0. The quantitative estimate of drug-likeness (QED) is 0.767. The number of benzene rings is 1. The van der Waals surface area contributed by atoms with Crippen LogP contribution >= 0.6 is 0 Å². The van der Waals surface area contributed by atoms with Crippen molar-refractivity contribution in [2.75, 3.05) is 40.1 Å². The first-order valence-corrected chi connectivity index (χ1v) is 10.1. The van der Waals surface area contributed by atoms with E-state index in [1.165, 1.54) is 7.11 Å². The molecule has 3 heterocycles. The first-order chi connectivity index (χ1) is 14.7. The molecule has 0 N–H and O–H groups in total. The Kier molecular flexibility index (Phi) is 4.69. The third-order valence-electron chi connectivity index (χ3n) is 6.01. The zero-order chi connectivity index (χ0) is 20.7. The van der Waals surface area contributed by atoms with Gasteiger partial charge in [0, 0.05) is 38.3 Å². The number of pyridine rings is 1. The fourth-order valence-corrected chi connectivity index (χ4v) is 4.23. The molecule has 8 heteroatoms. The third-order valence-corrected chi connectivity index (χ3v) is 6.01. The molecule has 5 rings (SSSR count). The number of nitrogens with zero attached hydrogens (tertiary/aromatic N) is 3. The molecule has 2 aromatic rings. The second kappa shape index (κ2) is 7.51. The van der Waals surface area contributed by atoms with Gasteiger partial charge < -0.3 is 24.0 Å². The molecule has 8 nitrogen and oxygen atoms in total. The van der Waals surface area contributed by atoms with Crippen LogP contribution in [0.15, 0.2) is 36.5 Å². The highest BCUT2D eigenvalue weighted by Crippen LogP contribution is 2.50. The Morgan fingerprint density at radius 3 is 2.63 bits per heavy atom. The Morgan fingerprint density at radius 1 is 1.07 bits per heavy atom. The van der Waals surface area contributed by atoms with Gasteiger partial charge in [-0.1, -0.05) is 6.07 Å². The van der Waals surface area contributed by atoms with Gasteiger partial charge in [0.15, 0.2) is 11.5 Å². The minimum atomic E-state index is -0.114. The van der Waals surface area contributed by atoms with Gasteiger partial charge in [-0.2, -0.15) is 0 Å². The van der Waals surface area contributed by atoms with Crippen LogP contribution in [-0.4, -0.2) is 66.7 Å². The van der Waals surface area contributed by atoms with Gasteiger partial charge in [-0.3, -0.25) is 9.59 Å². The molecule has 1 saturated heterocycles. The van der Waals surface area contributed by atoms with Crippen LogP contribution in [0.25, 0.3) is 0 Å². The molecule has 3 aliphatic rings. The summed E-state index contributed by atoms with van der Waals surface area (Å²) >= 11 is 0. The highest BCUT2D eigenvalue weighted by molar-refractivity contribution is 5.96. The van der Waals surface area contributed by atoms with Gasteiger partial charge >= 0.3 is 0 Å². The SMILES string of the molecule is COc1ncccc1C(=O)N1CCN(C(=O)C2CC2c2ccc3c(c2)OCO3)CC1. The van der Waals surface area contributed by atoms with Crippen LogP contribution in [0.1, 0.15) is 28.3 Å². The largest absolute Gasteiger partial charge is 0.480 e. The second-order valence-corrected chi connectivity index (χ2v) is 7.74. The fourth-order valence-electron chi connectivity index (χ4n) is 4.23. The smallest absolute Gasteiger partial charge is 0.259 e. The second-order valence-electron chi connectivity index (χ2n) is 7.74. The number of carbonyl (C=O) groups is 2. The average Bonchev–Trinajstić information content (AvgIpc) is 3.46. The Balaban J connectivity index is 1.18. The third kappa shape index (κ3) is 3.32. The topological polar surface area (TPSA) is 81.2 Å². The van der Waals surface area contributed by atoms with Crippen LogP contribution in [0.2, 0.25) is 0 Å². The highest BCUT2D eigenvalue weighted by Gasteiger charge is 2.46. The summed E-state index contributed by atoms with van der Waals surface area (Å²) in [5, 5.41) is 0. The van der Waals surface area contributed by atoms with E-state index in [2.05, 4.69) is 4.98 Å². The molecule has 1 saturated carbocycles. The van der Waals surface area contributed by atoms with Crippen molar-refractivity contribution in [3.8, 4) is 17.4 Å². The van der Waals surface area contributed by atoms with E-state index in [0.717, 1.165) is 23.5 Å². The number of fused-ring (bicyclic) bond motifs is 1. The van der Waals surface area contributed by atoms with Crippen LogP contribution in [-0.2, 0) is 4.79 Å². The van der Waals surface area contributed by atoms with Gasteiger partial charge in [0.1, 0.15) is 5.56 Å². The predicted octanol–water partition coefficient (Wildman–Crippen LogP) is 1.91. The van der Waals surface area contributed by atoms with E-state index in [-0.39, 0.29) is 30.4 Å². The minimum Gasteiger partial charge on any atom is -0.480 e. The van der Waals surface area contributed by atoms with Crippen LogP contribution in [0.3, 0.4) is 0 Å². The minimum absolute atomic E-state index is 0.00559. The van der Waals surface area contributed by atoms with E-state index in [1.54, 1.807) is 23.2 Å². The van der Waals surface area contributed by atoms with Gasteiger partial charge in [0.05, 0.1) is 7.11 Å². The maximum Gasteiger partial charge on any atom is 0.259 e. The summed E-state index contributed by atoms with van der Waals surface area (Å²) in [6, 6.07) is 9.35. The monoisotopic (exact) mass is 409 g/mol. The molecule has 1 aliphatic carbocycles. The maximum atomic E-state index is 13.0. The number of aromatic nitrogens is 1. The molecular formula is C22H23N3O5. The van der Waals surface area contributed by atoms with Crippen molar-refractivity contribution in [3.05, 3.63) is 47.7 Å². The lowest BCUT2D eigenvalue weighted by Crippen LogP contribution is -2.51. The first kappa shape index (κ1) is 18.7. The molecule has 2 fully saturated rings. The first-order valence-electron chi connectivity index (χ1n) is 10.1. The lowest BCUT2D eigenvalue weighted by atomic mass is 10.1. The summed E-state index contributed by atoms with van der Waals surface area (Å²) in [5.74, 6) is 2.13. The Hall–Kier alpha value is -3.29. The summed E-state index contributed by atoms with van der Waals surface area (Å²) in [4.78, 5) is 33.5. The van der Waals surface area contributed by atoms with Crippen LogP contribution < -0.4 is 14.2 Å². The van der Waals surface area contributed by atoms with Gasteiger partial charge in [0.2, 0.25) is 18.6 Å². The van der Waals surface area contributed by atoms with Gasteiger partial charge in [-0.15, -0.1) is 0 Å². The zero-order valence-electron chi connectivity index (χ0n) is 16.7. The van der Waals surface area contributed by atoms with E-state index in [9.17, 15) is 9.59 Å². The van der Waals surface area contributed by atoms with Crippen molar-refractivity contribution in [3.63, 3.8) is 0 Å². The normalized spacial score (nSPS) is 22.0. The van der Waals surface area contributed by atoms with Crippen molar-refractivity contribution in [1.82, 2.24) is 14.8 Å². The Morgan fingerprint density at radius 2 is 1.83 bits per heavy atom. The van der Waals surface area contributed by atoms with Gasteiger partial charge in [-0.25, -0.2) is 4.98 Å². The number of hydrogen-bond acceptors (Lipinski definition) is 6. The average molecular weight is 409 g/mol. The number of rotatable bonds is 4. The van der Waals surface area contributed by atoms with Crippen molar-refractivity contribution < 1.29 is 23.8 Å². The number of methoxy groups -OCH3 is 1. The molecule has 0 radical (unpaired) electrons. The summed E-state index contributed by atoms with van der Waals surface area (Å²) < 4.78 is 16.0. The molecule has 0 bridgehead atoms. The Labute approximate surface area is 174 Å². The molecule has 2 amide bonds. The van der Waals surface area contributed by atoms with Crippen molar-refractivity contribution in [2.24, 2.45) is 5.92 Å².